The molecule has 1 amide bonds. The second-order valence-corrected chi connectivity index (χ2v) is 4.63. The average molecular weight is 269 g/mol. The lowest BCUT2D eigenvalue weighted by Crippen LogP contribution is -2.18. The highest BCUT2D eigenvalue weighted by molar-refractivity contribution is 5.66. The van der Waals surface area contributed by atoms with Crippen molar-refractivity contribution < 1.29 is 9.53 Å². The van der Waals surface area contributed by atoms with Crippen LogP contribution in [0.5, 0.6) is 0 Å². The Hall–Kier alpha value is -2.29. The van der Waals surface area contributed by atoms with Crippen molar-refractivity contribution >= 4 is 6.09 Å². The first kappa shape index (κ1) is 14.1. The first-order chi connectivity index (χ1) is 9.78. The highest BCUT2D eigenvalue weighted by atomic mass is 16.5. The van der Waals surface area contributed by atoms with Crippen LogP contribution in [0.2, 0.25) is 0 Å². The monoisotopic (exact) mass is 269 g/mol. The van der Waals surface area contributed by atoms with E-state index in [1.807, 2.05) is 18.2 Å². The maximum atomic E-state index is 11.0. The summed E-state index contributed by atoms with van der Waals surface area (Å²) >= 11 is 0. The second kappa shape index (κ2) is 7.34. The molecular weight excluding hydrogens is 250 g/mol. The van der Waals surface area contributed by atoms with Crippen LogP contribution in [0, 0.1) is 0 Å². The molecule has 0 unspecified atom stereocenters. The van der Waals surface area contributed by atoms with Gasteiger partial charge in [-0.1, -0.05) is 54.6 Å². The van der Waals surface area contributed by atoms with Gasteiger partial charge in [0.15, 0.2) is 0 Å². The van der Waals surface area contributed by atoms with Gasteiger partial charge >= 0.3 is 6.09 Å². The van der Waals surface area contributed by atoms with Crippen molar-refractivity contribution in [3.8, 4) is 0 Å². The fourth-order valence-corrected chi connectivity index (χ4v) is 2.03. The van der Waals surface area contributed by atoms with E-state index < -0.39 is 6.09 Å². The van der Waals surface area contributed by atoms with Crippen molar-refractivity contribution in [1.29, 1.82) is 0 Å². The van der Waals surface area contributed by atoms with Gasteiger partial charge in [0.05, 0.1) is 0 Å². The lowest BCUT2D eigenvalue weighted by Gasteiger charge is -2.07. The van der Waals surface area contributed by atoms with Crippen LogP contribution in [0.4, 0.5) is 4.79 Å². The summed E-state index contributed by atoms with van der Waals surface area (Å²) in [6.45, 7) is 0.304. The van der Waals surface area contributed by atoms with E-state index in [-0.39, 0.29) is 0 Å². The highest BCUT2D eigenvalue weighted by Crippen LogP contribution is 2.10. The van der Waals surface area contributed by atoms with E-state index in [1.165, 1.54) is 11.1 Å². The Morgan fingerprint density at radius 2 is 1.60 bits per heavy atom. The van der Waals surface area contributed by atoms with E-state index in [9.17, 15) is 4.79 Å². The van der Waals surface area contributed by atoms with Gasteiger partial charge in [0, 0.05) is 7.05 Å². The lowest BCUT2D eigenvalue weighted by atomic mass is 10.0. The van der Waals surface area contributed by atoms with E-state index >= 15 is 0 Å². The maximum absolute atomic E-state index is 11.0. The summed E-state index contributed by atoms with van der Waals surface area (Å²) in [4.78, 5) is 11.0. The van der Waals surface area contributed by atoms with Gasteiger partial charge in [0.25, 0.3) is 0 Å². The molecule has 104 valence electrons. The van der Waals surface area contributed by atoms with Gasteiger partial charge in [-0.3, -0.25) is 0 Å². The predicted molar refractivity (Wildman–Crippen MR) is 79.5 cm³/mol. The van der Waals surface area contributed by atoms with Gasteiger partial charge in [-0.2, -0.15) is 0 Å². The Morgan fingerprint density at radius 3 is 2.35 bits per heavy atom. The molecule has 2 rings (SSSR count). The first-order valence-electron chi connectivity index (χ1n) is 6.74. The summed E-state index contributed by atoms with van der Waals surface area (Å²) in [7, 11) is 1.55. The molecular formula is C17H19NO2. The number of alkyl carbamates (subject to hydrolysis) is 1. The Morgan fingerprint density at radius 1 is 0.950 bits per heavy atom. The van der Waals surface area contributed by atoms with E-state index in [2.05, 4.69) is 41.7 Å². The van der Waals surface area contributed by atoms with Crippen LogP contribution in [0.15, 0.2) is 54.6 Å². The van der Waals surface area contributed by atoms with Gasteiger partial charge in [-0.05, 0) is 29.5 Å². The molecule has 0 bridgehead atoms. The molecule has 0 atom stereocenters. The lowest BCUT2D eigenvalue weighted by molar-refractivity contribution is 0.142. The SMILES string of the molecule is CNC(=O)OCc1cccc(CCc2ccccc2)c1. The van der Waals surface area contributed by atoms with Gasteiger partial charge in [0.2, 0.25) is 0 Å². The number of benzene rings is 2. The van der Waals surface area contributed by atoms with E-state index in [0.717, 1.165) is 18.4 Å². The molecule has 0 aliphatic heterocycles. The van der Waals surface area contributed by atoms with Crippen LogP contribution in [-0.4, -0.2) is 13.1 Å². The molecule has 0 aliphatic carbocycles. The minimum Gasteiger partial charge on any atom is -0.445 e. The fraction of sp³-hybridized carbons (Fsp3) is 0.235. The summed E-state index contributed by atoms with van der Waals surface area (Å²) < 4.78 is 5.04. The quantitative estimate of drug-likeness (QED) is 0.904. The molecule has 0 aliphatic rings. The molecule has 2 aromatic rings. The van der Waals surface area contributed by atoms with E-state index in [1.54, 1.807) is 7.05 Å². The molecule has 0 spiro atoms. The summed E-state index contributed by atoms with van der Waals surface area (Å²) in [6, 6.07) is 18.6. The van der Waals surface area contributed by atoms with Gasteiger partial charge in [-0.15, -0.1) is 0 Å². The zero-order chi connectivity index (χ0) is 14.2. The third kappa shape index (κ3) is 4.43. The molecule has 0 saturated carbocycles. The van der Waals surface area contributed by atoms with Crippen LogP contribution >= 0.6 is 0 Å². The number of aryl methyl sites for hydroxylation is 2. The van der Waals surface area contributed by atoms with Gasteiger partial charge in [0.1, 0.15) is 6.61 Å². The highest BCUT2D eigenvalue weighted by Gasteiger charge is 2.01. The Labute approximate surface area is 119 Å². The zero-order valence-corrected chi connectivity index (χ0v) is 11.6. The Kier molecular flexibility index (Phi) is 5.18. The van der Waals surface area contributed by atoms with Crippen LogP contribution in [0.25, 0.3) is 0 Å². The summed E-state index contributed by atoms with van der Waals surface area (Å²) in [5.41, 5.74) is 3.60. The largest absolute Gasteiger partial charge is 0.445 e. The van der Waals surface area contributed by atoms with Crippen LogP contribution in [-0.2, 0) is 24.2 Å². The topological polar surface area (TPSA) is 38.3 Å². The molecule has 20 heavy (non-hydrogen) atoms. The van der Waals surface area contributed by atoms with Crippen molar-refractivity contribution in [2.75, 3.05) is 7.05 Å². The summed E-state index contributed by atoms with van der Waals surface area (Å²) in [6.07, 6.45) is 1.60. The minimum absolute atomic E-state index is 0.304. The smallest absolute Gasteiger partial charge is 0.407 e. The number of nitrogens with one attached hydrogen (secondary N) is 1. The number of amides is 1. The summed E-state index contributed by atoms with van der Waals surface area (Å²) in [5.74, 6) is 0. The fourth-order valence-electron chi connectivity index (χ4n) is 2.03. The van der Waals surface area contributed by atoms with E-state index in [0.29, 0.717) is 6.61 Å². The van der Waals surface area contributed by atoms with Crippen molar-refractivity contribution in [1.82, 2.24) is 5.32 Å². The maximum Gasteiger partial charge on any atom is 0.407 e. The molecule has 0 fully saturated rings. The molecule has 0 radical (unpaired) electrons. The van der Waals surface area contributed by atoms with Crippen molar-refractivity contribution in [2.45, 2.75) is 19.4 Å². The second-order valence-electron chi connectivity index (χ2n) is 4.63. The molecule has 0 saturated heterocycles. The standard InChI is InChI=1S/C17H19NO2/c1-18-17(19)20-13-16-9-5-8-15(12-16)11-10-14-6-3-2-4-7-14/h2-9,12H,10-11,13H2,1H3,(H,18,19). The van der Waals surface area contributed by atoms with Crippen LogP contribution < -0.4 is 5.32 Å². The molecule has 3 heteroatoms. The van der Waals surface area contributed by atoms with Crippen LogP contribution in [0.3, 0.4) is 0 Å². The third-order valence-electron chi connectivity index (χ3n) is 3.11. The number of hydrogen-bond acceptors (Lipinski definition) is 2. The van der Waals surface area contributed by atoms with Crippen molar-refractivity contribution in [3.63, 3.8) is 0 Å². The number of carbonyl (C=O) groups excluding carboxylic acids is 1. The molecule has 0 heterocycles. The van der Waals surface area contributed by atoms with Gasteiger partial charge in [-0.25, -0.2) is 4.79 Å². The molecule has 0 aromatic heterocycles. The number of carbonyl (C=O) groups is 1. The third-order valence-corrected chi connectivity index (χ3v) is 3.11. The Balaban J connectivity index is 1.90. The predicted octanol–water partition coefficient (Wildman–Crippen LogP) is 3.33. The number of hydrogen-bond donors (Lipinski definition) is 1. The van der Waals surface area contributed by atoms with Crippen LogP contribution in [0.1, 0.15) is 16.7 Å². The van der Waals surface area contributed by atoms with E-state index in [4.69, 9.17) is 4.74 Å². The normalized spacial score (nSPS) is 10.1. The van der Waals surface area contributed by atoms with Gasteiger partial charge < -0.3 is 10.1 Å². The summed E-state index contributed by atoms with van der Waals surface area (Å²) in [5, 5.41) is 2.44. The molecule has 3 nitrogen and oxygen atoms in total. The molecule has 1 N–H and O–H groups in total. The number of ether oxygens (including phenoxy) is 1. The molecule has 2 aromatic carbocycles. The Bertz CT molecular complexity index is 552. The minimum atomic E-state index is -0.403. The average Bonchev–Trinajstić information content (AvgIpc) is 2.52. The zero-order valence-electron chi connectivity index (χ0n) is 11.6. The van der Waals surface area contributed by atoms with Crippen molar-refractivity contribution in [3.05, 3.63) is 71.3 Å². The number of rotatable bonds is 5. The first-order valence-corrected chi connectivity index (χ1v) is 6.74. The van der Waals surface area contributed by atoms with Crippen molar-refractivity contribution in [2.24, 2.45) is 0 Å².